The highest BCUT2D eigenvalue weighted by Crippen LogP contribution is 2.09. The first kappa shape index (κ1) is 15.8. The molecule has 0 aliphatic carbocycles. The molecule has 4 nitrogen and oxygen atoms in total. The van der Waals surface area contributed by atoms with Crippen LogP contribution in [0, 0.1) is 0 Å². The Balaban J connectivity index is 3.56. The molecule has 1 N–H and O–H groups in total. The summed E-state index contributed by atoms with van der Waals surface area (Å²) < 4.78 is 16.3. The Bertz CT molecular complexity index is 141. The average molecular weight is 234 g/mol. The van der Waals surface area contributed by atoms with Crippen LogP contribution in [-0.4, -0.2) is 50.3 Å². The molecule has 0 aromatic rings. The minimum absolute atomic E-state index is 0.0757. The average Bonchev–Trinajstić information content (AvgIpc) is 2.30. The van der Waals surface area contributed by atoms with E-state index >= 15 is 0 Å². The van der Waals surface area contributed by atoms with Crippen molar-refractivity contribution in [1.29, 1.82) is 0 Å². The fourth-order valence-electron chi connectivity index (χ4n) is 1.46. The summed E-state index contributed by atoms with van der Waals surface area (Å²) in [5.41, 5.74) is 0. The minimum Gasteiger partial charge on any atom is -0.394 e. The molecule has 4 heteroatoms. The maximum atomic E-state index is 8.63. The van der Waals surface area contributed by atoms with Crippen molar-refractivity contribution in [3.8, 4) is 0 Å². The SMILES string of the molecule is CCOCCOC(CC)CC(C)OCCO. The monoisotopic (exact) mass is 234 g/mol. The van der Waals surface area contributed by atoms with Gasteiger partial charge in [0.1, 0.15) is 0 Å². The van der Waals surface area contributed by atoms with Gasteiger partial charge >= 0.3 is 0 Å². The molecule has 0 aliphatic rings. The second-order valence-electron chi connectivity index (χ2n) is 3.74. The van der Waals surface area contributed by atoms with Crippen LogP contribution in [0.25, 0.3) is 0 Å². The van der Waals surface area contributed by atoms with Gasteiger partial charge in [-0.2, -0.15) is 0 Å². The van der Waals surface area contributed by atoms with Gasteiger partial charge in [-0.1, -0.05) is 6.92 Å². The van der Waals surface area contributed by atoms with Gasteiger partial charge in [0.25, 0.3) is 0 Å². The van der Waals surface area contributed by atoms with E-state index < -0.39 is 0 Å². The first-order chi connectivity index (χ1) is 7.74. The highest BCUT2D eigenvalue weighted by atomic mass is 16.5. The molecule has 16 heavy (non-hydrogen) atoms. The largest absolute Gasteiger partial charge is 0.394 e. The van der Waals surface area contributed by atoms with Crippen molar-refractivity contribution in [2.24, 2.45) is 0 Å². The predicted molar refractivity (Wildman–Crippen MR) is 63.6 cm³/mol. The first-order valence-electron chi connectivity index (χ1n) is 6.16. The van der Waals surface area contributed by atoms with Crippen molar-refractivity contribution in [3.05, 3.63) is 0 Å². The van der Waals surface area contributed by atoms with E-state index in [9.17, 15) is 0 Å². The third-order valence-electron chi connectivity index (χ3n) is 2.33. The van der Waals surface area contributed by atoms with E-state index in [2.05, 4.69) is 6.92 Å². The van der Waals surface area contributed by atoms with Crippen molar-refractivity contribution < 1.29 is 19.3 Å². The lowest BCUT2D eigenvalue weighted by Crippen LogP contribution is -2.23. The van der Waals surface area contributed by atoms with Gasteiger partial charge in [0.05, 0.1) is 38.6 Å². The Morgan fingerprint density at radius 3 is 2.38 bits per heavy atom. The fraction of sp³-hybridized carbons (Fsp3) is 1.00. The molecule has 0 rings (SSSR count). The van der Waals surface area contributed by atoms with Gasteiger partial charge in [0, 0.05) is 6.61 Å². The van der Waals surface area contributed by atoms with Crippen LogP contribution in [0.3, 0.4) is 0 Å². The number of rotatable bonds is 11. The Hall–Kier alpha value is -0.160. The van der Waals surface area contributed by atoms with Crippen molar-refractivity contribution in [2.45, 2.75) is 45.8 Å². The summed E-state index contributed by atoms with van der Waals surface area (Å²) >= 11 is 0. The van der Waals surface area contributed by atoms with Crippen molar-refractivity contribution >= 4 is 0 Å². The van der Waals surface area contributed by atoms with E-state index in [4.69, 9.17) is 19.3 Å². The standard InChI is InChI=1S/C12H26O4/c1-4-12(16-9-8-14-5-2)10-11(3)15-7-6-13/h11-13H,4-10H2,1-3H3. The summed E-state index contributed by atoms with van der Waals surface area (Å²) in [6, 6.07) is 0. The predicted octanol–water partition coefficient (Wildman–Crippen LogP) is 1.61. The van der Waals surface area contributed by atoms with Crippen LogP contribution < -0.4 is 0 Å². The number of hydrogen-bond donors (Lipinski definition) is 1. The van der Waals surface area contributed by atoms with Gasteiger partial charge in [0.2, 0.25) is 0 Å². The zero-order valence-corrected chi connectivity index (χ0v) is 10.8. The second-order valence-corrected chi connectivity index (χ2v) is 3.74. The molecule has 0 saturated heterocycles. The minimum atomic E-state index is 0.0757. The number of aliphatic hydroxyl groups excluding tert-OH is 1. The lowest BCUT2D eigenvalue weighted by atomic mass is 10.1. The van der Waals surface area contributed by atoms with E-state index in [1.807, 2.05) is 13.8 Å². The van der Waals surface area contributed by atoms with Gasteiger partial charge in [0.15, 0.2) is 0 Å². The van der Waals surface area contributed by atoms with Crippen molar-refractivity contribution in [2.75, 3.05) is 33.0 Å². The Morgan fingerprint density at radius 2 is 1.81 bits per heavy atom. The lowest BCUT2D eigenvalue weighted by molar-refractivity contribution is -0.0351. The fourth-order valence-corrected chi connectivity index (χ4v) is 1.46. The number of hydrogen-bond acceptors (Lipinski definition) is 4. The van der Waals surface area contributed by atoms with Gasteiger partial charge in [-0.25, -0.2) is 0 Å². The summed E-state index contributed by atoms with van der Waals surface area (Å²) in [5.74, 6) is 0. The third kappa shape index (κ3) is 9.09. The van der Waals surface area contributed by atoms with Crippen LogP contribution in [0.4, 0.5) is 0 Å². The highest BCUT2D eigenvalue weighted by Gasteiger charge is 2.12. The molecular formula is C12H26O4. The Labute approximate surface area is 98.9 Å². The summed E-state index contributed by atoms with van der Waals surface area (Å²) in [7, 11) is 0. The van der Waals surface area contributed by atoms with Crippen LogP contribution in [0.2, 0.25) is 0 Å². The molecule has 0 amide bonds. The maximum absolute atomic E-state index is 8.63. The zero-order valence-electron chi connectivity index (χ0n) is 10.8. The summed E-state index contributed by atoms with van der Waals surface area (Å²) in [6.45, 7) is 8.58. The molecule has 0 spiro atoms. The molecule has 0 radical (unpaired) electrons. The molecule has 0 aromatic heterocycles. The summed E-state index contributed by atoms with van der Waals surface area (Å²) in [5, 5.41) is 8.63. The molecule has 0 aromatic carbocycles. The topological polar surface area (TPSA) is 47.9 Å². The van der Waals surface area contributed by atoms with Gasteiger partial charge in [-0.05, 0) is 26.7 Å². The molecular weight excluding hydrogens is 208 g/mol. The van der Waals surface area contributed by atoms with Gasteiger partial charge < -0.3 is 19.3 Å². The molecule has 0 bridgehead atoms. The molecule has 2 unspecified atom stereocenters. The van der Waals surface area contributed by atoms with Crippen LogP contribution in [0.5, 0.6) is 0 Å². The Kier molecular flexibility index (Phi) is 11.2. The van der Waals surface area contributed by atoms with Crippen LogP contribution in [0.1, 0.15) is 33.6 Å². The van der Waals surface area contributed by atoms with E-state index in [0.29, 0.717) is 19.8 Å². The van der Waals surface area contributed by atoms with Gasteiger partial charge in [-0.15, -0.1) is 0 Å². The quantitative estimate of drug-likeness (QED) is 0.552. The number of ether oxygens (including phenoxy) is 3. The summed E-state index contributed by atoms with van der Waals surface area (Å²) in [6.07, 6.45) is 2.18. The van der Waals surface area contributed by atoms with Crippen LogP contribution in [0.15, 0.2) is 0 Å². The molecule has 0 aliphatic heterocycles. The van der Waals surface area contributed by atoms with Crippen LogP contribution in [-0.2, 0) is 14.2 Å². The molecule has 2 atom stereocenters. The van der Waals surface area contributed by atoms with Crippen LogP contribution >= 0.6 is 0 Å². The molecule has 0 fully saturated rings. The molecule has 98 valence electrons. The van der Waals surface area contributed by atoms with Gasteiger partial charge in [-0.3, -0.25) is 0 Å². The maximum Gasteiger partial charge on any atom is 0.0704 e. The molecule has 0 heterocycles. The lowest BCUT2D eigenvalue weighted by Gasteiger charge is -2.20. The summed E-state index contributed by atoms with van der Waals surface area (Å²) in [4.78, 5) is 0. The van der Waals surface area contributed by atoms with E-state index in [-0.39, 0.29) is 18.8 Å². The first-order valence-corrected chi connectivity index (χ1v) is 6.16. The smallest absolute Gasteiger partial charge is 0.0704 e. The molecule has 0 saturated carbocycles. The normalized spacial score (nSPS) is 15.0. The highest BCUT2D eigenvalue weighted by molar-refractivity contribution is 4.61. The van der Waals surface area contributed by atoms with Crippen molar-refractivity contribution in [1.82, 2.24) is 0 Å². The van der Waals surface area contributed by atoms with Crippen molar-refractivity contribution in [3.63, 3.8) is 0 Å². The van der Waals surface area contributed by atoms with E-state index in [0.717, 1.165) is 19.4 Å². The Morgan fingerprint density at radius 1 is 1.06 bits per heavy atom. The zero-order chi connectivity index (χ0) is 12.2. The van der Waals surface area contributed by atoms with E-state index in [1.54, 1.807) is 0 Å². The third-order valence-corrected chi connectivity index (χ3v) is 2.33. The second kappa shape index (κ2) is 11.3. The van der Waals surface area contributed by atoms with E-state index in [1.165, 1.54) is 0 Å². The number of aliphatic hydroxyl groups is 1.